The normalized spacial score (nSPS) is 18.8. The molecule has 370 valence electrons. The van der Waals surface area contributed by atoms with Crippen molar-refractivity contribution in [2.24, 2.45) is 0 Å². The van der Waals surface area contributed by atoms with Crippen molar-refractivity contribution < 1.29 is 11.3 Å². The molecule has 4 aliphatic rings. The van der Waals surface area contributed by atoms with Crippen LogP contribution in [0.3, 0.4) is 0 Å². The Labute approximate surface area is 443 Å². The van der Waals surface area contributed by atoms with Gasteiger partial charge in [0.05, 0.1) is 23.9 Å². The highest BCUT2D eigenvalue weighted by Crippen LogP contribution is 2.55. The average molecular weight is 965 g/mol. The maximum absolute atomic E-state index is 9.61. The van der Waals surface area contributed by atoms with Crippen molar-refractivity contribution in [1.82, 2.24) is 0 Å². The van der Waals surface area contributed by atoms with Crippen LogP contribution in [0.5, 0.6) is 0 Å². The molecule has 0 spiro atoms. The van der Waals surface area contributed by atoms with E-state index in [1.165, 1.54) is 38.8 Å². The molecule has 7 aromatic carbocycles. The summed E-state index contributed by atoms with van der Waals surface area (Å²) < 4.78 is 53.6. The van der Waals surface area contributed by atoms with Gasteiger partial charge in [0, 0.05) is 45.2 Å². The van der Waals surface area contributed by atoms with Crippen LogP contribution in [-0.4, -0.2) is 6.71 Å². The van der Waals surface area contributed by atoms with E-state index in [0.717, 1.165) is 81.9 Å². The Hall–Kier alpha value is -6.46. The molecule has 0 bridgehead atoms. The fourth-order valence-electron chi connectivity index (χ4n) is 12.8. The van der Waals surface area contributed by atoms with E-state index in [4.69, 9.17) is 8.53 Å². The van der Waals surface area contributed by atoms with Gasteiger partial charge in [0.15, 0.2) is 0 Å². The number of hydrogen-bond acceptors (Lipinski definition) is 4. The topological polar surface area (TPSA) is 22.9 Å². The molecule has 0 fully saturated rings. The Morgan fingerprint density at radius 1 is 0.507 bits per heavy atom. The SMILES string of the molecule is [2H]c1c([2H])c([2H])c(N(c2ccccc2)c2cc3c4c(c2)N(c2ccc(C(C)(C)C)cc2)c2c(oc5ccc(C(C)(C)C)cc25)B4c2cc4c(cc2N3c2ccc3c(c2)C(C)(C)CCC3(C)C)C(C)(C)CCC4(C)C)c([2H])c1[2H]. The summed E-state index contributed by atoms with van der Waals surface area (Å²) in [4.78, 5) is 6.79. The Morgan fingerprint density at radius 3 is 1.67 bits per heavy atom. The lowest BCUT2D eigenvalue weighted by Gasteiger charge is -2.47. The fraction of sp³-hybridized carbons (Fsp3) is 0.353. The highest BCUT2D eigenvalue weighted by Gasteiger charge is 2.50. The van der Waals surface area contributed by atoms with Gasteiger partial charge in [-0.15, -0.1) is 0 Å². The minimum absolute atomic E-state index is 0.00421. The van der Waals surface area contributed by atoms with Gasteiger partial charge in [0.25, 0.3) is 6.71 Å². The summed E-state index contributed by atoms with van der Waals surface area (Å²) in [6.07, 6.45) is 4.29. The number of furan rings is 1. The van der Waals surface area contributed by atoms with Gasteiger partial charge in [-0.05, 0) is 181 Å². The summed E-state index contributed by atoms with van der Waals surface area (Å²) in [7, 11) is 0. The van der Waals surface area contributed by atoms with E-state index >= 15 is 0 Å². The van der Waals surface area contributed by atoms with Crippen LogP contribution in [0.1, 0.15) is 163 Å². The minimum Gasteiger partial charge on any atom is -0.468 e. The molecule has 0 N–H and O–H groups in total. The molecule has 2 aliphatic heterocycles. The molecule has 73 heavy (non-hydrogen) atoms. The summed E-state index contributed by atoms with van der Waals surface area (Å²) in [5.41, 5.74) is 18.6. The van der Waals surface area contributed by atoms with Crippen molar-refractivity contribution in [3.05, 3.63) is 179 Å². The van der Waals surface area contributed by atoms with Crippen molar-refractivity contribution in [1.29, 1.82) is 0 Å². The first kappa shape index (κ1) is 42.0. The van der Waals surface area contributed by atoms with Crippen molar-refractivity contribution in [3.8, 4) is 0 Å². The van der Waals surface area contributed by atoms with Gasteiger partial charge < -0.3 is 19.1 Å². The van der Waals surface area contributed by atoms with E-state index in [0.29, 0.717) is 11.4 Å². The fourth-order valence-corrected chi connectivity index (χ4v) is 12.8. The largest absolute Gasteiger partial charge is 0.468 e. The van der Waals surface area contributed by atoms with Crippen LogP contribution in [0.25, 0.3) is 11.0 Å². The summed E-state index contributed by atoms with van der Waals surface area (Å²) >= 11 is 0. The number of hydrogen-bond donors (Lipinski definition) is 0. The Bertz CT molecular complexity index is 3770. The Balaban J connectivity index is 1.28. The molecule has 0 atom stereocenters. The zero-order valence-corrected chi connectivity index (χ0v) is 45.6. The molecule has 1 aromatic heterocycles. The Morgan fingerprint density at radius 2 is 1.05 bits per heavy atom. The zero-order chi connectivity index (χ0) is 55.7. The maximum Gasteiger partial charge on any atom is 0.297 e. The number of fused-ring (bicyclic) bond motifs is 8. The molecule has 0 unspecified atom stereocenters. The van der Waals surface area contributed by atoms with Gasteiger partial charge in [-0.3, -0.25) is 0 Å². The zero-order valence-electron chi connectivity index (χ0n) is 50.6. The second-order valence-electron chi connectivity index (χ2n) is 26.4. The number of nitrogens with zero attached hydrogens (tertiary/aromatic N) is 3. The van der Waals surface area contributed by atoms with E-state index in [-0.39, 0.29) is 69.1 Å². The van der Waals surface area contributed by atoms with Crippen LogP contribution in [-0.2, 0) is 32.5 Å². The van der Waals surface area contributed by atoms with E-state index in [1.54, 1.807) is 0 Å². The summed E-state index contributed by atoms with van der Waals surface area (Å²) in [5, 5.41) is 1.02. The third-order valence-corrected chi connectivity index (χ3v) is 17.6. The third kappa shape index (κ3) is 7.52. The van der Waals surface area contributed by atoms with Gasteiger partial charge in [0.2, 0.25) is 0 Å². The van der Waals surface area contributed by atoms with Gasteiger partial charge in [-0.2, -0.15) is 0 Å². The standard InChI is InChI=1S/C68H74BN3O/c1-63(2,3)43-25-28-47(29-26-43)72-58-40-49(70(45-21-17-15-18-22-45)46-23-19-16-20-24-46)39-57-60(58)69(62-61(72)50-37-44(64(4,5)6)27-32-59(50)73-62)55-41-53-54(68(13,14)36-35-67(53,11)12)42-56(55)71(57)48-30-31-51-52(38-48)66(9,10)34-33-65(51,7)8/h15-32,37-42H,33-36H2,1-14H3/i15D,17D,18D,21D,22D. The number of benzene rings is 7. The summed E-state index contributed by atoms with van der Waals surface area (Å²) in [5.74, 6) is 0. The monoisotopic (exact) mass is 965 g/mol. The molecule has 0 saturated heterocycles. The van der Waals surface area contributed by atoms with Crippen LogP contribution in [0.15, 0.2) is 150 Å². The van der Waals surface area contributed by atoms with E-state index < -0.39 is 6.04 Å². The second-order valence-corrected chi connectivity index (χ2v) is 26.4. The molecule has 3 heterocycles. The van der Waals surface area contributed by atoms with Crippen molar-refractivity contribution >= 4 is 85.5 Å². The van der Waals surface area contributed by atoms with Gasteiger partial charge in [-0.1, -0.05) is 164 Å². The molecule has 12 rings (SSSR count). The molecule has 0 amide bonds. The first-order chi connectivity index (χ1) is 36.5. The maximum atomic E-state index is 9.61. The van der Waals surface area contributed by atoms with Crippen LogP contribution >= 0.6 is 0 Å². The quantitative estimate of drug-likeness (QED) is 0.160. The van der Waals surface area contributed by atoms with Crippen LogP contribution in [0.4, 0.5) is 51.2 Å². The van der Waals surface area contributed by atoms with E-state index in [2.05, 4.69) is 192 Å². The lowest BCUT2D eigenvalue weighted by Crippen LogP contribution is -2.61. The molecule has 4 nitrogen and oxygen atoms in total. The molecule has 5 heteroatoms. The van der Waals surface area contributed by atoms with Gasteiger partial charge >= 0.3 is 0 Å². The summed E-state index contributed by atoms with van der Waals surface area (Å²) in [6.45, 7) is 32.3. The van der Waals surface area contributed by atoms with Crippen molar-refractivity contribution in [2.45, 2.75) is 155 Å². The first-order valence-electron chi connectivity index (χ1n) is 29.2. The molecular formula is C68H74BN3O. The third-order valence-electron chi connectivity index (χ3n) is 17.6. The molecule has 0 saturated carbocycles. The Kier molecular flexibility index (Phi) is 9.21. The van der Waals surface area contributed by atoms with Crippen molar-refractivity contribution in [2.75, 3.05) is 14.7 Å². The predicted molar refractivity (Wildman–Crippen MR) is 313 cm³/mol. The highest BCUT2D eigenvalue weighted by molar-refractivity contribution is 7.00. The number of para-hydroxylation sites is 2. The number of rotatable bonds is 5. The summed E-state index contributed by atoms with van der Waals surface area (Å²) in [6, 6.07) is 40.3. The van der Waals surface area contributed by atoms with Gasteiger partial charge in [-0.25, -0.2) is 0 Å². The predicted octanol–water partition coefficient (Wildman–Crippen LogP) is 17.3. The van der Waals surface area contributed by atoms with Crippen LogP contribution < -0.4 is 31.3 Å². The smallest absolute Gasteiger partial charge is 0.297 e. The minimum atomic E-state index is -0.431. The van der Waals surface area contributed by atoms with Crippen LogP contribution in [0.2, 0.25) is 0 Å². The van der Waals surface area contributed by atoms with Gasteiger partial charge in [0.1, 0.15) is 5.58 Å². The second kappa shape index (κ2) is 16.0. The molecule has 0 radical (unpaired) electrons. The number of anilines is 9. The van der Waals surface area contributed by atoms with Crippen molar-refractivity contribution in [3.63, 3.8) is 0 Å². The van der Waals surface area contributed by atoms with Crippen LogP contribution in [0, 0.1) is 0 Å². The molecular weight excluding hydrogens is 886 g/mol. The lowest BCUT2D eigenvalue weighted by molar-refractivity contribution is 0.332. The van der Waals surface area contributed by atoms with E-state index in [1.807, 2.05) is 35.2 Å². The first-order valence-corrected chi connectivity index (χ1v) is 26.7. The molecule has 8 aromatic rings. The lowest BCUT2D eigenvalue weighted by atomic mass is 9.35. The molecule has 2 aliphatic carbocycles. The average Bonchev–Trinajstić information content (AvgIpc) is 2.57. The van der Waals surface area contributed by atoms with E-state index in [9.17, 15) is 2.74 Å². The highest BCUT2D eigenvalue weighted by atomic mass is 16.3.